The van der Waals surface area contributed by atoms with Gasteiger partial charge in [-0.15, -0.1) is 0 Å². The Morgan fingerprint density at radius 3 is 2.72 bits per heavy atom. The molecule has 7 nitrogen and oxygen atoms in total. The second kappa shape index (κ2) is 8.41. The molecule has 0 spiro atoms. The van der Waals surface area contributed by atoms with Crippen molar-refractivity contribution in [3.8, 4) is 5.75 Å². The molecule has 2 amide bonds. The number of carbonyl (C=O) groups excluding carboxylic acids is 2. The molecule has 1 unspecified atom stereocenters. The number of halogens is 2. The maximum Gasteiger partial charge on any atom is 0.387 e. The average Bonchev–Trinajstić information content (AvgIpc) is 2.59. The first-order valence-electron chi connectivity index (χ1n) is 7.71. The van der Waals surface area contributed by atoms with E-state index in [1.807, 2.05) is 0 Å². The Hall–Kier alpha value is -2.71. The van der Waals surface area contributed by atoms with Crippen LogP contribution >= 0.6 is 0 Å². The van der Waals surface area contributed by atoms with Crippen molar-refractivity contribution in [2.24, 2.45) is 5.92 Å². The zero-order chi connectivity index (χ0) is 18.4. The van der Waals surface area contributed by atoms with E-state index in [-0.39, 0.29) is 24.4 Å². The Morgan fingerprint density at radius 1 is 1.32 bits per heavy atom. The monoisotopic (exact) mass is 356 g/mol. The van der Waals surface area contributed by atoms with Crippen molar-refractivity contribution < 1.29 is 33.0 Å². The molecule has 1 fully saturated rings. The van der Waals surface area contributed by atoms with E-state index in [0.717, 1.165) is 0 Å². The normalized spacial score (nSPS) is 17.2. The number of carboxylic acid groups (broad SMARTS) is 1. The number of nitrogens with zero attached hydrogens (tertiary/aromatic N) is 1. The van der Waals surface area contributed by atoms with Crippen molar-refractivity contribution in [1.29, 1.82) is 0 Å². The van der Waals surface area contributed by atoms with Crippen LogP contribution in [0.5, 0.6) is 5.75 Å². The number of para-hydroxylation sites is 1. The lowest BCUT2D eigenvalue weighted by Crippen LogP contribution is -2.46. The van der Waals surface area contributed by atoms with Crippen LogP contribution in [0.4, 0.5) is 8.78 Å². The number of rotatable bonds is 6. The summed E-state index contributed by atoms with van der Waals surface area (Å²) < 4.78 is 29.0. The molecule has 1 heterocycles. The zero-order valence-corrected chi connectivity index (χ0v) is 13.3. The van der Waals surface area contributed by atoms with E-state index >= 15 is 0 Å². The van der Waals surface area contributed by atoms with Crippen LogP contribution in [-0.4, -0.2) is 54.0 Å². The van der Waals surface area contributed by atoms with Gasteiger partial charge in [-0.1, -0.05) is 12.1 Å². The molecule has 0 radical (unpaired) electrons. The second-order valence-corrected chi connectivity index (χ2v) is 5.57. The van der Waals surface area contributed by atoms with Gasteiger partial charge in [0.25, 0.3) is 5.91 Å². The molecular formula is C16H18F2N2O5. The molecule has 25 heavy (non-hydrogen) atoms. The van der Waals surface area contributed by atoms with Crippen LogP contribution in [-0.2, 0) is 9.59 Å². The Bertz CT molecular complexity index is 653. The van der Waals surface area contributed by atoms with Gasteiger partial charge in [-0.2, -0.15) is 8.78 Å². The lowest BCUT2D eigenvalue weighted by atomic mass is 9.98. The molecule has 2 N–H and O–H groups in total. The summed E-state index contributed by atoms with van der Waals surface area (Å²) in [5.74, 6) is -3.01. The molecule has 1 aliphatic rings. The van der Waals surface area contributed by atoms with E-state index in [0.29, 0.717) is 19.4 Å². The second-order valence-electron chi connectivity index (χ2n) is 5.57. The molecule has 1 aromatic rings. The number of likely N-dealkylation sites (tertiary alicyclic amines) is 1. The van der Waals surface area contributed by atoms with E-state index < -0.39 is 30.3 Å². The maximum absolute atomic E-state index is 12.4. The van der Waals surface area contributed by atoms with Crippen LogP contribution < -0.4 is 10.1 Å². The van der Waals surface area contributed by atoms with E-state index in [1.54, 1.807) is 0 Å². The van der Waals surface area contributed by atoms with Crippen molar-refractivity contribution >= 4 is 17.8 Å². The maximum atomic E-state index is 12.4. The summed E-state index contributed by atoms with van der Waals surface area (Å²) in [6.07, 6.45) is 1.07. The van der Waals surface area contributed by atoms with Gasteiger partial charge in [0, 0.05) is 13.1 Å². The molecule has 136 valence electrons. The van der Waals surface area contributed by atoms with Crippen LogP contribution in [0.25, 0.3) is 0 Å². The first-order chi connectivity index (χ1) is 11.9. The van der Waals surface area contributed by atoms with Gasteiger partial charge in [-0.25, -0.2) is 0 Å². The third kappa shape index (κ3) is 5.13. The van der Waals surface area contributed by atoms with Crippen molar-refractivity contribution in [3.63, 3.8) is 0 Å². The van der Waals surface area contributed by atoms with Crippen LogP contribution in [0.3, 0.4) is 0 Å². The number of aliphatic carboxylic acids is 1. The summed E-state index contributed by atoms with van der Waals surface area (Å²) in [5, 5.41) is 11.4. The summed E-state index contributed by atoms with van der Waals surface area (Å²) in [7, 11) is 0. The van der Waals surface area contributed by atoms with Gasteiger partial charge >= 0.3 is 12.6 Å². The van der Waals surface area contributed by atoms with E-state index in [9.17, 15) is 23.2 Å². The molecule has 0 bridgehead atoms. The van der Waals surface area contributed by atoms with Gasteiger partial charge in [0.05, 0.1) is 18.0 Å². The molecule has 0 aromatic heterocycles. The first-order valence-corrected chi connectivity index (χ1v) is 7.71. The fourth-order valence-electron chi connectivity index (χ4n) is 2.62. The van der Waals surface area contributed by atoms with Gasteiger partial charge in [-0.05, 0) is 25.0 Å². The van der Waals surface area contributed by atoms with Crippen LogP contribution in [0.1, 0.15) is 23.2 Å². The number of piperidine rings is 1. The molecule has 9 heteroatoms. The van der Waals surface area contributed by atoms with Crippen LogP contribution in [0, 0.1) is 5.92 Å². The summed E-state index contributed by atoms with van der Waals surface area (Å²) in [5.41, 5.74) is -0.113. The number of hydrogen-bond donors (Lipinski definition) is 2. The van der Waals surface area contributed by atoms with E-state index in [1.165, 1.54) is 29.2 Å². The van der Waals surface area contributed by atoms with Crippen LogP contribution in [0.15, 0.2) is 24.3 Å². The number of benzene rings is 1. The first kappa shape index (κ1) is 18.6. The number of ether oxygens (including phenoxy) is 1. The smallest absolute Gasteiger partial charge is 0.387 e. The molecule has 1 aliphatic heterocycles. The van der Waals surface area contributed by atoms with Crippen LogP contribution in [0.2, 0.25) is 0 Å². The SMILES string of the molecule is O=C(NCC(=O)N1CCCC(C(=O)O)C1)c1ccccc1OC(F)F. The zero-order valence-electron chi connectivity index (χ0n) is 13.3. The number of carboxylic acids is 1. The highest BCUT2D eigenvalue weighted by Crippen LogP contribution is 2.20. The van der Waals surface area contributed by atoms with Gasteiger partial charge < -0.3 is 20.1 Å². The number of carbonyl (C=O) groups is 3. The molecule has 1 aromatic carbocycles. The third-order valence-electron chi connectivity index (χ3n) is 3.87. The molecule has 1 atom stereocenters. The number of alkyl halides is 2. The predicted octanol–water partition coefficient (Wildman–Crippen LogP) is 1.34. The lowest BCUT2D eigenvalue weighted by molar-refractivity contribution is -0.145. The summed E-state index contributed by atoms with van der Waals surface area (Å²) in [6.45, 7) is -2.91. The van der Waals surface area contributed by atoms with E-state index in [4.69, 9.17) is 5.11 Å². The lowest BCUT2D eigenvalue weighted by Gasteiger charge is -2.30. The Balaban J connectivity index is 1.93. The van der Waals surface area contributed by atoms with Crippen molar-refractivity contribution in [2.75, 3.05) is 19.6 Å². The molecule has 0 aliphatic carbocycles. The molecular weight excluding hydrogens is 338 g/mol. The van der Waals surface area contributed by atoms with Gasteiger partial charge in [0.2, 0.25) is 5.91 Å². The third-order valence-corrected chi connectivity index (χ3v) is 3.87. The Kier molecular flexibility index (Phi) is 6.26. The molecule has 0 saturated carbocycles. The van der Waals surface area contributed by atoms with Gasteiger partial charge in [0.1, 0.15) is 5.75 Å². The Labute approximate surface area is 142 Å². The minimum Gasteiger partial charge on any atom is -0.481 e. The fourth-order valence-corrected chi connectivity index (χ4v) is 2.62. The van der Waals surface area contributed by atoms with E-state index in [2.05, 4.69) is 10.1 Å². The van der Waals surface area contributed by atoms with Crippen molar-refractivity contribution in [3.05, 3.63) is 29.8 Å². The highest BCUT2D eigenvalue weighted by Gasteiger charge is 2.28. The molecule has 2 rings (SSSR count). The highest BCUT2D eigenvalue weighted by atomic mass is 19.3. The minimum absolute atomic E-state index is 0.0924. The van der Waals surface area contributed by atoms with Crippen molar-refractivity contribution in [1.82, 2.24) is 10.2 Å². The fraction of sp³-hybridized carbons (Fsp3) is 0.438. The quantitative estimate of drug-likeness (QED) is 0.802. The summed E-state index contributed by atoms with van der Waals surface area (Å²) in [6, 6.07) is 5.46. The summed E-state index contributed by atoms with van der Waals surface area (Å²) in [4.78, 5) is 36.6. The standard InChI is InChI=1S/C16H18F2N2O5/c17-16(18)25-12-6-2-1-5-11(12)14(22)19-8-13(21)20-7-3-4-10(9-20)15(23)24/h1-2,5-6,10,16H,3-4,7-9H2,(H,19,22)(H,23,24). The average molecular weight is 356 g/mol. The number of hydrogen-bond acceptors (Lipinski definition) is 4. The largest absolute Gasteiger partial charge is 0.481 e. The number of amides is 2. The van der Waals surface area contributed by atoms with Crippen molar-refractivity contribution in [2.45, 2.75) is 19.5 Å². The topological polar surface area (TPSA) is 95.9 Å². The van der Waals surface area contributed by atoms with Gasteiger partial charge in [-0.3, -0.25) is 14.4 Å². The Morgan fingerprint density at radius 2 is 2.04 bits per heavy atom. The molecule has 1 saturated heterocycles. The number of nitrogens with one attached hydrogen (secondary N) is 1. The predicted molar refractivity (Wildman–Crippen MR) is 82.3 cm³/mol. The van der Waals surface area contributed by atoms with Gasteiger partial charge in [0.15, 0.2) is 0 Å². The summed E-state index contributed by atoms with van der Waals surface area (Å²) >= 11 is 0. The minimum atomic E-state index is -3.07. The highest BCUT2D eigenvalue weighted by molar-refractivity contribution is 5.98.